The molecule has 0 aromatic heterocycles. The molecule has 0 N–H and O–H groups in total. The lowest BCUT2D eigenvalue weighted by Crippen LogP contribution is -2.50. The van der Waals surface area contributed by atoms with Crippen LogP contribution in [0.2, 0.25) is 0 Å². The summed E-state index contributed by atoms with van der Waals surface area (Å²) in [4.78, 5) is 18.6. The predicted molar refractivity (Wildman–Crippen MR) is 81.7 cm³/mol. The quantitative estimate of drug-likeness (QED) is 0.813. The van der Waals surface area contributed by atoms with Crippen molar-refractivity contribution in [1.82, 2.24) is 14.7 Å². The SMILES string of the molecule is CN(C)CCN1CCN(C(=O)Cc2ccccc2F)CC1. The smallest absolute Gasteiger partial charge is 0.227 e. The number of halogens is 1. The Kier molecular flexibility index (Phi) is 5.70. The van der Waals surface area contributed by atoms with Gasteiger partial charge in [0.15, 0.2) is 0 Å². The van der Waals surface area contributed by atoms with E-state index in [1.165, 1.54) is 6.07 Å². The second kappa shape index (κ2) is 7.52. The van der Waals surface area contributed by atoms with Crippen LogP contribution in [0.4, 0.5) is 4.39 Å². The maximum atomic E-state index is 13.6. The second-order valence-electron chi connectivity index (χ2n) is 5.79. The molecule has 5 heteroatoms. The van der Waals surface area contributed by atoms with E-state index in [4.69, 9.17) is 0 Å². The number of rotatable bonds is 5. The van der Waals surface area contributed by atoms with E-state index in [0.29, 0.717) is 5.56 Å². The minimum absolute atomic E-state index is 0.0207. The molecule has 1 aromatic carbocycles. The molecule has 0 bridgehead atoms. The normalized spacial score (nSPS) is 16.5. The Hall–Kier alpha value is -1.46. The Balaban J connectivity index is 1.79. The first-order valence-electron chi connectivity index (χ1n) is 7.44. The molecule has 1 saturated heterocycles. The molecule has 4 nitrogen and oxygen atoms in total. The maximum Gasteiger partial charge on any atom is 0.227 e. The molecule has 1 aliphatic heterocycles. The Morgan fingerprint density at radius 1 is 1.19 bits per heavy atom. The zero-order valence-corrected chi connectivity index (χ0v) is 12.9. The van der Waals surface area contributed by atoms with Crippen molar-refractivity contribution in [3.8, 4) is 0 Å². The van der Waals surface area contributed by atoms with Crippen molar-refractivity contribution >= 4 is 5.91 Å². The van der Waals surface area contributed by atoms with E-state index in [1.54, 1.807) is 18.2 Å². The van der Waals surface area contributed by atoms with E-state index in [-0.39, 0.29) is 18.1 Å². The number of carbonyl (C=O) groups excluding carboxylic acids is 1. The summed E-state index contributed by atoms with van der Waals surface area (Å²) in [5, 5.41) is 0. The Labute approximate surface area is 126 Å². The first-order valence-corrected chi connectivity index (χ1v) is 7.44. The van der Waals surface area contributed by atoms with Gasteiger partial charge >= 0.3 is 0 Å². The van der Waals surface area contributed by atoms with Gasteiger partial charge in [0, 0.05) is 39.3 Å². The van der Waals surface area contributed by atoms with E-state index in [9.17, 15) is 9.18 Å². The number of piperazine rings is 1. The third-order valence-electron chi connectivity index (χ3n) is 3.89. The molecular formula is C16H24FN3O. The molecule has 21 heavy (non-hydrogen) atoms. The van der Waals surface area contributed by atoms with Crippen molar-refractivity contribution in [2.75, 3.05) is 53.4 Å². The van der Waals surface area contributed by atoms with E-state index in [1.807, 2.05) is 4.90 Å². The highest BCUT2D eigenvalue weighted by atomic mass is 19.1. The second-order valence-corrected chi connectivity index (χ2v) is 5.79. The molecule has 0 spiro atoms. The predicted octanol–water partition coefficient (Wildman–Crippen LogP) is 1.07. The minimum atomic E-state index is -0.296. The van der Waals surface area contributed by atoms with E-state index in [2.05, 4.69) is 23.9 Å². The lowest BCUT2D eigenvalue weighted by Gasteiger charge is -2.35. The molecule has 1 heterocycles. The minimum Gasteiger partial charge on any atom is -0.340 e. The van der Waals surface area contributed by atoms with Crippen molar-refractivity contribution < 1.29 is 9.18 Å². The maximum absolute atomic E-state index is 13.6. The van der Waals surface area contributed by atoms with Crippen LogP contribution in [-0.2, 0) is 11.2 Å². The zero-order chi connectivity index (χ0) is 15.2. The Bertz CT molecular complexity index is 470. The number of hydrogen-bond acceptors (Lipinski definition) is 3. The van der Waals surface area contributed by atoms with Crippen LogP contribution in [0.15, 0.2) is 24.3 Å². The summed E-state index contributed by atoms with van der Waals surface area (Å²) < 4.78 is 13.6. The van der Waals surface area contributed by atoms with Crippen LogP contribution in [0, 0.1) is 5.82 Å². The van der Waals surface area contributed by atoms with Gasteiger partial charge in [-0.3, -0.25) is 9.69 Å². The molecule has 0 radical (unpaired) electrons. The summed E-state index contributed by atoms with van der Waals surface area (Å²) in [6.07, 6.45) is 0.157. The molecule has 0 atom stereocenters. The van der Waals surface area contributed by atoms with Gasteiger partial charge in [0.25, 0.3) is 0 Å². The number of carbonyl (C=O) groups is 1. The molecule has 116 valence electrons. The molecule has 0 saturated carbocycles. The van der Waals surface area contributed by atoms with Crippen molar-refractivity contribution in [3.05, 3.63) is 35.6 Å². The van der Waals surface area contributed by atoms with E-state index < -0.39 is 0 Å². The lowest BCUT2D eigenvalue weighted by atomic mass is 10.1. The van der Waals surface area contributed by atoms with Crippen LogP contribution >= 0.6 is 0 Å². The molecule has 0 unspecified atom stereocenters. The average molecular weight is 293 g/mol. The fourth-order valence-electron chi connectivity index (χ4n) is 2.48. The van der Waals surface area contributed by atoms with Crippen LogP contribution in [-0.4, -0.2) is 74.0 Å². The highest BCUT2D eigenvalue weighted by Crippen LogP contribution is 2.10. The third-order valence-corrected chi connectivity index (χ3v) is 3.89. The van der Waals surface area contributed by atoms with Crippen LogP contribution in [0.25, 0.3) is 0 Å². The van der Waals surface area contributed by atoms with Crippen LogP contribution < -0.4 is 0 Å². The largest absolute Gasteiger partial charge is 0.340 e. The molecule has 2 rings (SSSR count). The fourth-order valence-corrected chi connectivity index (χ4v) is 2.48. The van der Waals surface area contributed by atoms with Gasteiger partial charge in [0.05, 0.1) is 6.42 Å². The van der Waals surface area contributed by atoms with Crippen molar-refractivity contribution in [3.63, 3.8) is 0 Å². The summed E-state index contributed by atoms with van der Waals surface area (Å²) in [5.41, 5.74) is 0.484. The van der Waals surface area contributed by atoms with Gasteiger partial charge in [0.2, 0.25) is 5.91 Å². The molecule has 1 aliphatic rings. The van der Waals surface area contributed by atoms with Gasteiger partial charge in [0.1, 0.15) is 5.82 Å². The molecule has 0 aliphatic carbocycles. The van der Waals surface area contributed by atoms with E-state index >= 15 is 0 Å². The van der Waals surface area contributed by atoms with Gasteiger partial charge in [-0.05, 0) is 25.7 Å². The summed E-state index contributed by atoms with van der Waals surface area (Å²) in [5.74, 6) is -0.275. The molecular weight excluding hydrogens is 269 g/mol. The molecule has 1 aromatic rings. The van der Waals surface area contributed by atoms with Crippen molar-refractivity contribution in [2.24, 2.45) is 0 Å². The van der Waals surface area contributed by atoms with Crippen molar-refractivity contribution in [1.29, 1.82) is 0 Å². The van der Waals surface area contributed by atoms with Crippen LogP contribution in [0.1, 0.15) is 5.56 Å². The first kappa shape index (κ1) is 15.9. The highest BCUT2D eigenvalue weighted by molar-refractivity contribution is 5.78. The number of amides is 1. The van der Waals surface area contributed by atoms with Gasteiger partial charge in [-0.2, -0.15) is 0 Å². The van der Waals surface area contributed by atoms with Gasteiger partial charge in [-0.1, -0.05) is 18.2 Å². The third kappa shape index (κ3) is 4.79. The Morgan fingerprint density at radius 3 is 2.48 bits per heavy atom. The topological polar surface area (TPSA) is 26.8 Å². The monoisotopic (exact) mass is 293 g/mol. The molecule has 1 fully saturated rings. The number of likely N-dealkylation sites (N-methyl/N-ethyl adjacent to an activating group) is 1. The van der Waals surface area contributed by atoms with E-state index in [0.717, 1.165) is 39.3 Å². The fraction of sp³-hybridized carbons (Fsp3) is 0.562. The standard InChI is InChI=1S/C16H24FN3O/c1-18(2)7-8-19-9-11-20(12-10-19)16(21)13-14-5-3-4-6-15(14)17/h3-6H,7-13H2,1-2H3. The lowest BCUT2D eigenvalue weighted by molar-refractivity contribution is -0.132. The zero-order valence-electron chi connectivity index (χ0n) is 12.9. The molecule has 1 amide bonds. The summed E-state index contributed by atoms with van der Waals surface area (Å²) in [6.45, 7) is 5.33. The number of nitrogens with zero attached hydrogens (tertiary/aromatic N) is 3. The summed E-state index contributed by atoms with van der Waals surface area (Å²) >= 11 is 0. The van der Waals surface area contributed by atoms with Crippen LogP contribution in [0.5, 0.6) is 0 Å². The van der Waals surface area contributed by atoms with Crippen molar-refractivity contribution in [2.45, 2.75) is 6.42 Å². The summed E-state index contributed by atoms with van der Waals surface area (Å²) in [6, 6.07) is 6.50. The van der Waals surface area contributed by atoms with Gasteiger partial charge in [-0.15, -0.1) is 0 Å². The highest BCUT2D eigenvalue weighted by Gasteiger charge is 2.21. The van der Waals surface area contributed by atoms with Gasteiger partial charge < -0.3 is 9.80 Å². The average Bonchev–Trinajstić information content (AvgIpc) is 2.48. The first-order chi connectivity index (χ1) is 10.1. The van der Waals surface area contributed by atoms with Crippen LogP contribution in [0.3, 0.4) is 0 Å². The summed E-state index contributed by atoms with van der Waals surface area (Å²) in [7, 11) is 4.13. The Morgan fingerprint density at radius 2 is 1.86 bits per heavy atom. The number of hydrogen-bond donors (Lipinski definition) is 0. The van der Waals surface area contributed by atoms with Gasteiger partial charge in [-0.25, -0.2) is 4.39 Å². The number of benzene rings is 1.